The molecule has 4 aromatic carbocycles. The number of rotatable bonds is 10. The number of aromatic amines is 1. The van der Waals surface area contributed by atoms with E-state index in [4.69, 9.17) is 51.7 Å². The molecule has 4 aliphatic rings. The zero-order valence-corrected chi connectivity index (χ0v) is 46.1. The molecule has 4 aliphatic heterocycles. The van der Waals surface area contributed by atoms with Crippen molar-refractivity contribution in [2.45, 2.75) is 37.0 Å². The first kappa shape index (κ1) is 55.5. The lowest BCUT2D eigenvalue weighted by molar-refractivity contribution is 0.138. The van der Waals surface area contributed by atoms with Gasteiger partial charge in [-0.2, -0.15) is 13.9 Å². The number of aromatic nitrogens is 1. The van der Waals surface area contributed by atoms with Crippen LogP contribution in [0.2, 0.25) is 20.1 Å². The van der Waals surface area contributed by atoms with Gasteiger partial charge in [0.25, 0.3) is 0 Å². The molecule has 23 heteroatoms. The normalized spacial score (nSPS) is 21.1. The number of carbonyl (C=O) groups excluding carboxylic acids is 2. The number of nitrogens with one attached hydrogen (secondary N) is 1. The summed E-state index contributed by atoms with van der Waals surface area (Å²) in [7, 11) is -2.54. The summed E-state index contributed by atoms with van der Waals surface area (Å²) < 4.78 is 64.5. The number of nitrogens with zero attached hydrogens (tertiary/aromatic N) is 9. The monoisotopic (exact) mass is 1130 g/mol. The number of hydrogen-bond donors (Lipinski definition) is 1. The third-order valence-electron chi connectivity index (χ3n) is 14.6. The van der Waals surface area contributed by atoms with Crippen LogP contribution in [0.15, 0.2) is 85.1 Å². The summed E-state index contributed by atoms with van der Waals surface area (Å²) in [6.07, 6.45) is 4.32. The number of likely N-dealkylation sites (tertiary alicyclic amines) is 2. The summed E-state index contributed by atoms with van der Waals surface area (Å²) in [6.45, 7) is 5.73. The molecule has 4 unspecified atom stereocenters. The fourth-order valence-electron chi connectivity index (χ4n) is 10.5. The molecule has 4 amide bonds. The van der Waals surface area contributed by atoms with Gasteiger partial charge in [0, 0.05) is 127 Å². The molecule has 74 heavy (non-hydrogen) atoms. The van der Waals surface area contributed by atoms with E-state index < -0.39 is 25.9 Å². The highest BCUT2D eigenvalue weighted by molar-refractivity contribution is 7.88. The van der Waals surface area contributed by atoms with Crippen molar-refractivity contribution in [3.05, 3.63) is 139 Å². The SMILES string of the molecule is CN(Cc1ccc(C#N)c(F)c1)C1CN(C(=O)N2CCN(S(C)(=O)=O)CC2)CC1c1ccc(Cl)c(Cl)c1.CN(Cc1ccc2cc[nH]c2c1)C1CN(C(=O)N2CCN(S(C)(=O)=O)CC2)CC1c1ccc(Cl)c(Cl)c1. The first-order chi connectivity index (χ1) is 35.1. The molecule has 9 rings (SSSR count). The van der Waals surface area contributed by atoms with Crippen LogP contribution in [0.3, 0.4) is 0 Å². The summed E-state index contributed by atoms with van der Waals surface area (Å²) in [5.74, 6) is -0.592. The lowest BCUT2D eigenvalue weighted by Crippen LogP contribution is -2.53. The molecule has 16 nitrogen and oxygen atoms in total. The van der Waals surface area contributed by atoms with E-state index in [-0.39, 0.29) is 54.6 Å². The Labute approximate surface area is 452 Å². The zero-order chi connectivity index (χ0) is 53.2. The Morgan fingerprint density at radius 3 is 1.47 bits per heavy atom. The highest BCUT2D eigenvalue weighted by Crippen LogP contribution is 2.37. The van der Waals surface area contributed by atoms with Crippen LogP contribution in [-0.4, -0.2) is 189 Å². The lowest BCUT2D eigenvalue weighted by atomic mass is 9.93. The van der Waals surface area contributed by atoms with Crippen LogP contribution in [0.4, 0.5) is 14.0 Å². The van der Waals surface area contributed by atoms with Crippen molar-refractivity contribution >= 4 is 89.4 Å². The highest BCUT2D eigenvalue weighted by atomic mass is 35.5. The number of urea groups is 2. The molecule has 0 spiro atoms. The molecule has 0 saturated carbocycles. The van der Waals surface area contributed by atoms with E-state index in [2.05, 4.69) is 46.1 Å². The van der Waals surface area contributed by atoms with Crippen molar-refractivity contribution in [1.82, 2.24) is 43.0 Å². The van der Waals surface area contributed by atoms with Crippen LogP contribution in [0, 0.1) is 17.1 Å². The second-order valence-corrected chi connectivity index (χ2v) is 25.1. The fraction of sp³-hybridized carbons (Fsp3) is 0.431. The average molecular weight is 1130 g/mol. The Morgan fingerprint density at radius 1 is 0.608 bits per heavy atom. The Morgan fingerprint density at radius 2 is 1.05 bits per heavy atom. The number of carbonyl (C=O) groups is 2. The summed E-state index contributed by atoms with van der Waals surface area (Å²) in [5.41, 5.74) is 4.98. The molecular weight excluding hydrogens is 1070 g/mol. The number of piperazine rings is 2. The molecule has 0 radical (unpaired) electrons. The van der Waals surface area contributed by atoms with Crippen molar-refractivity contribution < 1.29 is 30.8 Å². The van der Waals surface area contributed by atoms with Crippen molar-refractivity contribution in [2.24, 2.45) is 0 Å². The van der Waals surface area contributed by atoms with Gasteiger partial charge in [0.2, 0.25) is 20.0 Å². The smallest absolute Gasteiger partial charge is 0.320 e. The van der Waals surface area contributed by atoms with Crippen LogP contribution in [0.1, 0.15) is 39.7 Å². The molecule has 1 aromatic heterocycles. The Bertz CT molecular complexity index is 3150. The van der Waals surface area contributed by atoms with Gasteiger partial charge in [0.15, 0.2) is 0 Å². The van der Waals surface area contributed by atoms with Crippen molar-refractivity contribution in [3.8, 4) is 6.07 Å². The second-order valence-electron chi connectivity index (χ2n) is 19.5. The second kappa shape index (κ2) is 23.3. The minimum absolute atomic E-state index is 0.00584. The number of fused-ring (bicyclic) bond motifs is 1. The molecule has 396 valence electrons. The predicted octanol–water partition coefficient (Wildman–Crippen LogP) is 7.67. The molecule has 4 fully saturated rings. The summed E-state index contributed by atoms with van der Waals surface area (Å²) in [6, 6.07) is 25.8. The fourth-order valence-corrected chi connectivity index (χ4v) is 12.8. The van der Waals surface area contributed by atoms with Crippen LogP contribution >= 0.6 is 46.4 Å². The number of likely N-dealkylation sites (N-methyl/N-ethyl adjacent to an activating group) is 2. The quantitative estimate of drug-likeness (QED) is 0.148. The minimum Gasteiger partial charge on any atom is -0.361 e. The van der Waals surface area contributed by atoms with Crippen LogP contribution in [-0.2, 0) is 33.1 Å². The van der Waals surface area contributed by atoms with Gasteiger partial charge in [-0.05, 0) is 90.3 Å². The first-order valence-electron chi connectivity index (χ1n) is 24.1. The van der Waals surface area contributed by atoms with Crippen LogP contribution < -0.4 is 0 Å². The van der Waals surface area contributed by atoms with Gasteiger partial charge in [0.05, 0.1) is 38.2 Å². The summed E-state index contributed by atoms with van der Waals surface area (Å²) in [4.78, 5) is 41.7. The maximum absolute atomic E-state index is 14.2. The topological polar surface area (TPSA) is 168 Å². The third kappa shape index (κ3) is 12.9. The van der Waals surface area contributed by atoms with Gasteiger partial charge >= 0.3 is 12.1 Å². The molecule has 4 saturated heterocycles. The molecule has 1 N–H and O–H groups in total. The van der Waals surface area contributed by atoms with Crippen molar-refractivity contribution in [1.29, 1.82) is 5.26 Å². The number of halogens is 5. The zero-order valence-electron chi connectivity index (χ0n) is 41.5. The van der Waals surface area contributed by atoms with E-state index in [9.17, 15) is 30.8 Å². The molecular formula is C51H59Cl4FN10O6S2. The molecule has 4 atom stereocenters. The maximum atomic E-state index is 14.2. The number of H-pyrrole nitrogens is 1. The summed E-state index contributed by atoms with van der Waals surface area (Å²) in [5, 5.41) is 12.1. The van der Waals surface area contributed by atoms with E-state index in [1.165, 1.54) is 44.2 Å². The van der Waals surface area contributed by atoms with Gasteiger partial charge in [-0.25, -0.2) is 30.8 Å². The number of nitriles is 1. The van der Waals surface area contributed by atoms with Gasteiger partial charge in [-0.1, -0.05) is 76.7 Å². The average Bonchev–Trinajstić information content (AvgIpc) is 4.15. The van der Waals surface area contributed by atoms with Gasteiger partial charge in [-0.15, -0.1) is 0 Å². The van der Waals surface area contributed by atoms with Gasteiger partial charge < -0.3 is 24.6 Å². The van der Waals surface area contributed by atoms with Gasteiger partial charge in [-0.3, -0.25) is 9.80 Å². The van der Waals surface area contributed by atoms with Crippen LogP contribution in [0.5, 0.6) is 0 Å². The van der Waals surface area contributed by atoms with Crippen molar-refractivity contribution in [2.75, 3.05) is 105 Å². The largest absolute Gasteiger partial charge is 0.361 e. The standard InChI is InChI=1S/C26H31Cl2N5O3S.C25H28Cl2FN5O3S/c1-30(15-18-3-4-19-7-8-29-24(19)13-18)25-17-32(16-21(25)20-5-6-22(27)23(28)14-20)26(34)31-9-11-33(12-10-31)37(2,35)36;1-30(14-17-3-4-19(13-29)23(28)11-17)24-16-32(15-20(24)18-5-6-21(26)22(27)12-18)25(34)31-7-9-33(10-8-31)37(2,35)36/h3-8,13-14,21,25,29H,9-12,15-17H2,1-2H3;3-6,11-12,20,24H,7-10,14-16H2,1-2H3. The molecule has 0 bridgehead atoms. The Kier molecular flexibility index (Phi) is 17.4. The van der Waals surface area contributed by atoms with E-state index in [0.29, 0.717) is 97.6 Å². The predicted molar refractivity (Wildman–Crippen MR) is 288 cm³/mol. The van der Waals surface area contributed by atoms with Crippen LogP contribution in [0.25, 0.3) is 10.9 Å². The maximum Gasteiger partial charge on any atom is 0.320 e. The van der Waals surface area contributed by atoms with E-state index in [0.717, 1.165) is 23.2 Å². The summed E-state index contributed by atoms with van der Waals surface area (Å²) >= 11 is 25.0. The molecule has 5 heterocycles. The first-order valence-corrected chi connectivity index (χ1v) is 29.3. The molecule has 0 aliphatic carbocycles. The number of sulfonamides is 2. The van der Waals surface area contributed by atoms with E-state index in [1.807, 2.05) is 54.5 Å². The Balaban J connectivity index is 0.000000197. The highest BCUT2D eigenvalue weighted by Gasteiger charge is 2.42. The number of hydrogen-bond acceptors (Lipinski definition) is 9. The lowest BCUT2D eigenvalue weighted by Gasteiger charge is -2.35. The van der Waals surface area contributed by atoms with E-state index in [1.54, 1.807) is 26.8 Å². The van der Waals surface area contributed by atoms with Crippen molar-refractivity contribution in [3.63, 3.8) is 0 Å². The number of benzene rings is 4. The van der Waals surface area contributed by atoms with E-state index >= 15 is 0 Å². The molecule has 5 aromatic rings. The minimum atomic E-state index is -3.30. The third-order valence-corrected chi connectivity index (χ3v) is 18.7. The number of amides is 4. The Hall–Kier alpha value is -4.72. The van der Waals surface area contributed by atoms with Gasteiger partial charge in [0.1, 0.15) is 11.9 Å².